The van der Waals surface area contributed by atoms with E-state index in [-0.39, 0.29) is 32.8 Å². The van der Waals surface area contributed by atoms with Crippen molar-refractivity contribution in [1.29, 1.82) is 0 Å². The Bertz CT molecular complexity index is 1550. The molecule has 0 saturated carbocycles. The van der Waals surface area contributed by atoms with Crippen molar-refractivity contribution < 1.29 is 29.0 Å². The summed E-state index contributed by atoms with van der Waals surface area (Å²) in [6, 6.07) is 10.1. The Morgan fingerprint density at radius 3 is 2.08 bits per heavy atom. The zero-order chi connectivity index (χ0) is 27.7. The van der Waals surface area contributed by atoms with Gasteiger partial charge < -0.3 is 4.74 Å². The maximum absolute atomic E-state index is 13.0. The molecule has 3 aromatic rings. The summed E-state index contributed by atoms with van der Waals surface area (Å²) < 4.78 is 5.49. The second-order valence-corrected chi connectivity index (χ2v) is 8.77. The normalized spacial score (nSPS) is 14.4. The molecular weight excluding hydrogens is 567 g/mol. The van der Waals surface area contributed by atoms with Gasteiger partial charge in [0.25, 0.3) is 17.5 Å². The van der Waals surface area contributed by atoms with E-state index in [1.165, 1.54) is 36.4 Å². The van der Waals surface area contributed by atoms with Crippen LogP contribution in [0, 0.1) is 20.2 Å². The van der Waals surface area contributed by atoms with Crippen molar-refractivity contribution >= 4 is 75.8 Å². The molecule has 192 valence electrons. The van der Waals surface area contributed by atoms with Crippen LogP contribution >= 0.6 is 34.8 Å². The summed E-state index contributed by atoms with van der Waals surface area (Å²) in [5.41, 5.74) is -1.31. The van der Waals surface area contributed by atoms with Crippen LogP contribution in [0.5, 0.6) is 11.5 Å². The number of ether oxygens (including phenoxy) is 1. The Morgan fingerprint density at radius 1 is 0.868 bits per heavy atom. The summed E-state index contributed by atoms with van der Waals surface area (Å²) in [5, 5.41) is 24.5. The number of nitrogens with zero attached hydrogens (tertiary/aromatic N) is 3. The van der Waals surface area contributed by atoms with E-state index in [2.05, 4.69) is 5.32 Å². The Kier molecular flexibility index (Phi) is 7.30. The number of anilines is 1. The molecule has 0 bridgehead atoms. The lowest BCUT2D eigenvalue weighted by Gasteiger charge is -2.26. The number of hydrogen-bond donors (Lipinski definition) is 1. The average Bonchev–Trinajstić information content (AvgIpc) is 2.85. The number of hydrogen-bond acceptors (Lipinski definition) is 8. The van der Waals surface area contributed by atoms with Gasteiger partial charge >= 0.3 is 11.7 Å². The number of halogens is 3. The third-order valence-electron chi connectivity index (χ3n) is 5.08. The molecule has 12 nitrogen and oxygen atoms in total. The predicted molar refractivity (Wildman–Crippen MR) is 137 cm³/mol. The number of imide groups is 2. The molecule has 0 aliphatic carbocycles. The standard InChI is InChI=1S/C23H11Cl3N4O8/c24-12-1-3-13(4-2-12)28-22(32)15(21(31)27-23(28)33)7-11-8-16(25)20(17(26)9-11)38-19-6-5-14(29(34)35)10-18(19)30(36)37/h1-10H,(H,27,31,33)/b15-7+. The number of carbonyl (C=O) groups is 3. The average molecular weight is 578 g/mol. The highest BCUT2D eigenvalue weighted by molar-refractivity contribution is 6.40. The molecule has 1 aliphatic heterocycles. The highest BCUT2D eigenvalue weighted by Crippen LogP contribution is 2.41. The molecule has 15 heteroatoms. The zero-order valence-electron chi connectivity index (χ0n) is 18.5. The van der Waals surface area contributed by atoms with Crippen LogP contribution in [0.15, 0.2) is 60.2 Å². The molecular formula is C23H11Cl3N4O8. The van der Waals surface area contributed by atoms with Crippen LogP contribution in [-0.2, 0) is 9.59 Å². The summed E-state index contributed by atoms with van der Waals surface area (Å²) in [6.45, 7) is 0. The number of amides is 4. The van der Waals surface area contributed by atoms with Crippen molar-refractivity contribution in [1.82, 2.24) is 5.32 Å². The number of rotatable bonds is 6. The van der Waals surface area contributed by atoms with E-state index >= 15 is 0 Å². The van der Waals surface area contributed by atoms with Gasteiger partial charge in [-0.1, -0.05) is 34.8 Å². The summed E-state index contributed by atoms with van der Waals surface area (Å²) in [4.78, 5) is 59.2. The first-order valence-electron chi connectivity index (χ1n) is 10.2. The van der Waals surface area contributed by atoms with Gasteiger partial charge in [-0.3, -0.25) is 35.1 Å². The minimum absolute atomic E-state index is 0.161. The first-order valence-corrected chi connectivity index (χ1v) is 11.4. The molecule has 1 aliphatic rings. The van der Waals surface area contributed by atoms with Crippen molar-refractivity contribution in [2.75, 3.05) is 4.90 Å². The van der Waals surface area contributed by atoms with Crippen LogP contribution < -0.4 is 15.0 Å². The number of benzene rings is 3. The molecule has 4 amide bonds. The Hall–Kier alpha value is -4.52. The monoisotopic (exact) mass is 576 g/mol. The quantitative estimate of drug-likeness (QED) is 0.163. The molecule has 1 N–H and O–H groups in total. The van der Waals surface area contributed by atoms with E-state index in [1.54, 1.807) is 0 Å². The SMILES string of the molecule is O=C1NC(=O)N(c2ccc(Cl)cc2)C(=O)/C1=C/c1cc(Cl)c(Oc2ccc([N+](=O)[O-])cc2[N+](=O)[O-])c(Cl)c1. The Balaban J connectivity index is 1.68. The van der Waals surface area contributed by atoms with E-state index in [0.717, 1.165) is 29.2 Å². The van der Waals surface area contributed by atoms with Crippen molar-refractivity contribution in [3.63, 3.8) is 0 Å². The molecule has 0 spiro atoms. The van der Waals surface area contributed by atoms with Crippen LogP contribution in [0.1, 0.15) is 5.56 Å². The van der Waals surface area contributed by atoms with E-state index in [1.807, 2.05) is 0 Å². The van der Waals surface area contributed by atoms with Crippen molar-refractivity contribution in [3.8, 4) is 11.5 Å². The van der Waals surface area contributed by atoms with Crippen LogP contribution in [-0.4, -0.2) is 27.7 Å². The number of carbonyl (C=O) groups excluding carboxylic acids is 3. The van der Waals surface area contributed by atoms with Crippen molar-refractivity contribution in [3.05, 3.63) is 101 Å². The largest absolute Gasteiger partial charge is 0.447 e. The molecule has 3 aromatic carbocycles. The molecule has 1 heterocycles. The number of nitrogens with one attached hydrogen (secondary N) is 1. The fraction of sp³-hybridized carbons (Fsp3) is 0. The minimum atomic E-state index is -0.959. The van der Waals surface area contributed by atoms with Gasteiger partial charge in [-0.2, -0.15) is 0 Å². The van der Waals surface area contributed by atoms with Gasteiger partial charge in [0.15, 0.2) is 5.75 Å². The number of nitro benzene ring substituents is 2. The zero-order valence-corrected chi connectivity index (χ0v) is 20.8. The Labute approximate surface area is 227 Å². The van der Waals surface area contributed by atoms with Gasteiger partial charge in [0.2, 0.25) is 5.75 Å². The minimum Gasteiger partial charge on any atom is -0.447 e. The van der Waals surface area contributed by atoms with E-state index in [9.17, 15) is 34.6 Å². The van der Waals surface area contributed by atoms with Gasteiger partial charge in [-0.05, 0) is 54.1 Å². The highest BCUT2D eigenvalue weighted by atomic mass is 35.5. The number of barbiturate groups is 1. The van der Waals surface area contributed by atoms with Gasteiger partial charge in [0, 0.05) is 11.1 Å². The van der Waals surface area contributed by atoms with Gasteiger partial charge in [-0.15, -0.1) is 0 Å². The molecule has 0 unspecified atom stereocenters. The summed E-state index contributed by atoms with van der Waals surface area (Å²) in [5.74, 6) is -2.46. The molecule has 38 heavy (non-hydrogen) atoms. The molecule has 4 rings (SSSR count). The number of nitro groups is 2. The van der Waals surface area contributed by atoms with Gasteiger partial charge in [-0.25, -0.2) is 9.69 Å². The lowest BCUT2D eigenvalue weighted by molar-refractivity contribution is -0.394. The molecule has 0 radical (unpaired) electrons. The molecule has 0 aromatic heterocycles. The highest BCUT2D eigenvalue weighted by Gasteiger charge is 2.37. The van der Waals surface area contributed by atoms with Crippen LogP contribution in [0.3, 0.4) is 0 Å². The van der Waals surface area contributed by atoms with Crippen molar-refractivity contribution in [2.24, 2.45) is 0 Å². The molecule has 0 atom stereocenters. The lowest BCUT2D eigenvalue weighted by atomic mass is 10.1. The number of urea groups is 1. The smallest absolute Gasteiger partial charge is 0.335 e. The predicted octanol–water partition coefficient (Wildman–Crippen LogP) is 5.92. The third-order valence-corrected chi connectivity index (χ3v) is 5.89. The van der Waals surface area contributed by atoms with Gasteiger partial charge in [0.05, 0.1) is 31.6 Å². The fourth-order valence-corrected chi connectivity index (χ4v) is 4.07. The summed E-state index contributed by atoms with van der Waals surface area (Å²) >= 11 is 18.4. The second kappa shape index (κ2) is 10.5. The maximum atomic E-state index is 13.0. The maximum Gasteiger partial charge on any atom is 0.335 e. The molecule has 1 fully saturated rings. The lowest BCUT2D eigenvalue weighted by Crippen LogP contribution is -2.54. The van der Waals surface area contributed by atoms with E-state index in [4.69, 9.17) is 39.5 Å². The van der Waals surface area contributed by atoms with Crippen LogP contribution in [0.2, 0.25) is 15.1 Å². The topological polar surface area (TPSA) is 162 Å². The van der Waals surface area contributed by atoms with E-state index in [0.29, 0.717) is 5.02 Å². The first kappa shape index (κ1) is 26.5. The van der Waals surface area contributed by atoms with Crippen LogP contribution in [0.4, 0.5) is 21.9 Å². The number of non-ortho nitro benzene ring substituents is 1. The third kappa shape index (κ3) is 5.27. The first-order chi connectivity index (χ1) is 18.0. The summed E-state index contributed by atoms with van der Waals surface area (Å²) in [6.07, 6.45) is 1.14. The fourth-order valence-electron chi connectivity index (χ4n) is 3.37. The second-order valence-electron chi connectivity index (χ2n) is 7.52. The Morgan fingerprint density at radius 2 is 1.50 bits per heavy atom. The van der Waals surface area contributed by atoms with Gasteiger partial charge in [0.1, 0.15) is 5.57 Å². The van der Waals surface area contributed by atoms with E-state index < -0.39 is 44.6 Å². The molecule has 1 saturated heterocycles. The summed E-state index contributed by atoms with van der Waals surface area (Å²) in [7, 11) is 0. The van der Waals surface area contributed by atoms with Crippen molar-refractivity contribution in [2.45, 2.75) is 0 Å². The van der Waals surface area contributed by atoms with Crippen LogP contribution in [0.25, 0.3) is 6.08 Å².